The average molecular weight is 201 g/mol. The van der Waals surface area contributed by atoms with Gasteiger partial charge in [0, 0.05) is 12.1 Å². The van der Waals surface area contributed by atoms with Crippen LogP contribution in [0, 0.1) is 0 Å². The standard InChI is InChI=1S/C9H11ClNO2/c1-2-13-9(12)7-11-6-4-3-5-8(11)10/h3-6H,2,7H2,1H3/q+1. The van der Waals surface area contributed by atoms with E-state index in [0.717, 1.165) is 0 Å². The quantitative estimate of drug-likeness (QED) is 0.417. The van der Waals surface area contributed by atoms with Gasteiger partial charge >= 0.3 is 5.97 Å². The maximum Gasteiger partial charge on any atom is 0.372 e. The highest BCUT2D eigenvalue weighted by Crippen LogP contribution is 1.98. The number of aromatic nitrogens is 1. The van der Waals surface area contributed by atoms with Crippen LogP contribution < -0.4 is 4.57 Å². The number of esters is 1. The zero-order valence-corrected chi connectivity index (χ0v) is 8.12. The maximum absolute atomic E-state index is 11.1. The number of pyridine rings is 1. The molecule has 0 aliphatic rings. The molecule has 1 aromatic heterocycles. The summed E-state index contributed by atoms with van der Waals surface area (Å²) in [6.07, 6.45) is 1.74. The van der Waals surface area contributed by atoms with Gasteiger partial charge in [0.05, 0.1) is 6.61 Å². The molecule has 0 saturated heterocycles. The van der Waals surface area contributed by atoms with E-state index < -0.39 is 0 Å². The topological polar surface area (TPSA) is 30.2 Å². The first kappa shape index (κ1) is 9.99. The molecular weight excluding hydrogens is 190 g/mol. The van der Waals surface area contributed by atoms with E-state index >= 15 is 0 Å². The fraction of sp³-hybridized carbons (Fsp3) is 0.333. The van der Waals surface area contributed by atoms with E-state index in [1.54, 1.807) is 23.8 Å². The van der Waals surface area contributed by atoms with Crippen molar-refractivity contribution >= 4 is 17.6 Å². The van der Waals surface area contributed by atoms with E-state index in [1.165, 1.54) is 0 Å². The van der Waals surface area contributed by atoms with Crippen LogP contribution in [0.3, 0.4) is 0 Å². The van der Waals surface area contributed by atoms with Crippen molar-refractivity contribution in [3.05, 3.63) is 29.5 Å². The Morgan fingerprint density at radius 2 is 2.38 bits per heavy atom. The third-order valence-electron chi connectivity index (χ3n) is 1.49. The van der Waals surface area contributed by atoms with Crippen LogP contribution in [0.15, 0.2) is 24.4 Å². The van der Waals surface area contributed by atoms with Crippen LogP contribution in [0.25, 0.3) is 0 Å². The van der Waals surface area contributed by atoms with Gasteiger partial charge in [-0.25, -0.2) is 4.79 Å². The van der Waals surface area contributed by atoms with Gasteiger partial charge in [-0.15, -0.1) is 0 Å². The van der Waals surface area contributed by atoms with Crippen molar-refractivity contribution in [2.45, 2.75) is 13.5 Å². The molecule has 1 aromatic rings. The van der Waals surface area contributed by atoms with Crippen molar-refractivity contribution in [1.29, 1.82) is 0 Å². The summed E-state index contributed by atoms with van der Waals surface area (Å²) in [5, 5.41) is 0.524. The highest BCUT2D eigenvalue weighted by Gasteiger charge is 2.12. The number of hydrogen-bond donors (Lipinski definition) is 0. The van der Waals surface area contributed by atoms with Crippen LogP contribution in [0.4, 0.5) is 0 Å². The van der Waals surface area contributed by atoms with Crippen molar-refractivity contribution in [2.24, 2.45) is 0 Å². The molecule has 0 atom stereocenters. The van der Waals surface area contributed by atoms with Crippen LogP contribution in [-0.4, -0.2) is 12.6 Å². The normalized spacial score (nSPS) is 9.69. The molecule has 1 rings (SSSR count). The number of carbonyl (C=O) groups excluding carboxylic acids is 1. The first-order valence-electron chi connectivity index (χ1n) is 4.03. The molecule has 0 fully saturated rings. The third kappa shape index (κ3) is 3.03. The first-order valence-corrected chi connectivity index (χ1v) is 4.41. The molecule has 0 aliphatic carbocycles. The lowest BCUT2D eigenvalue weighted by Crippen LogP contribution is -2.39. The molecule has 1 heterocycles. The summed E-state index contributed by atoms with van der Waals surface area (Å²) in [5.74, 6) is -0.277. The predicted octanol–water partition coefficient (Wildman–Crippen LogP) is 1.19. The van der Waals surface area contributed by atoms with Gasteiger partial charge in [0.2, 0.25) is 6.54 Å². The zero-order valence-electron chi connectivity index (χ0n) is 7.37. The van der Waals surface area contributed by atoms with Crippen LogP contribution >= 0.6 is 11.6 Å². The number of ether oxygens (including phenoxy) is 1. The van der Waals surface area contributed by atoms with Crippen molar-refractivity contribution in [2.75, 3.05) is 6.61 Å². The van der Waals surface area contributed by atoms with Gasteiger partial charge in [0.15, 0.2) is 6.20 Å². The minimum atomic E-state index is -0.277. The highest BCUT2D eigenvalue weighted by molar-refractivity contribution is 6.28. The molecule has 0 aliphatic heterocycles. The largest absolute Gasteiger partial charge is 0.461 e. The Labute approximate surface area is 81.9 Å². The Kier molecular flexibility index (Phi) is 3.71. The van der Waals surface area contributed by atoms with Gasteiger partial charge in [-0.3, -0.25) is 0 Å². The summed E-state index contributed by atoms with van der Waals surface area (Å²) in [7, 11) is 0. The molecular formula is C9H11ClNO2+. The summed E-state index contributed by atoms with van der Waals surface area (Å²) in [5.41, 5.74) is 0. The van der Waals surface area contributed by atoms with Gasteiger partial charge in [0.1, 0.15) is 0 Å². The summed E-state index contributed by atoms with van der Waals surface area (Å²) in [6.45, 7) is 2.33. The molecule has 0 amide bonds. The van der Waals surface area contributed by atoms with E-state index in [2.05, 4.69) is 0 Å². The zero-order chi connectivity index (χ0) is 9.68. The molecule has 0 saturated carbocycles. The molecule has 0 N–H and O–H groups in total. The molecule has 0 bridgehead atoms. The van der Waals surface area contributed by atoms with Crippen molar-refractivity contribution < 1.29 is 14.1 Å². The fourth-order valence-electron chi connectivity index (χ4n) is 0.929. The van der Waals surface area contributed by atoms with Gasteiger partial charge in [-0.1, -0.05) is 0 Å². The highest BCUT2D eigenvalue weighted by atomic mass is 35.5. The van der Waals surface area contributed by atoms with E-state index in [9.17, 15) is 4.79 Å². The second kappa shape index (κ2) is 4.82. The van der Waals surface area contributed by atoms with Crippen LogP contribution in [-0.2, 0) is 16.1 Å². The molecule has 13 heavy (non-hydrogen) atoms. The average Bonchev–Trinajstić information content (AvgIpc) is 2.09. The Balaban J connectivity index is 2.63. The minimum Gasteiger partial charge on any atom is -0.461 e. The first-order chi connectivity index (χ1) is 6.24. The van der Waals surface area contributed by atoms with Crippen LogP contribution in [0.1, 0.15) is 6.92 Å². The smallest absolute Gasteiger partial charge is 0.372 e. The summed E-state index contributed by atoms with van der Waals surface area (Å²) in [4.78, 5) is 11.1. The monoisotopic (exact) mass is 200 g/mol. The Hall–Kier alpha value is -1.09. The summed E-state index contributed by atoms with van der Waals surface area (Å²) >= 11 is 5.82. The van der Waals surface area contributed by atoms with E-state index in [-0.39, 0.29) is 12.5 Å². The molecule has 0 unspecified atom stereocenters. The molecule has 4 heteroatoms. The SMILES string of the molecule is CCOC(=O)C[n+]1ccccc1Cl. The molecule has 3 nitrogen and oxygen atoms in total. The van der Waals surface area contributed by atoms with Gasteiger partial charge in [-0.05, 0) is 24.6 Å². The van der Waals surface area contributed by atoms with Gasteiger partial charge in [0.25, 0.3) is 5.15 Å². The number of hydrogen-bond acceptors (Lipinski definition) is 2. The summed E-state index contributed by atoms with van der Waals surface area (Å²) in [6, 6.07) is 5.34. The Morgan fingerprint density at radius 3 is 3.00 bits per heavy atom. The number of carbonyl (C=O) groups is 1. The lowest BCUT2D eigenvalue weighted by Gasteiger charge is -1.98. The Bertz CT molecular complexity index is 301. The van der Waals surface area contributed by atoms with E-state index in [1.807, 2.05) is 12.1 Å². The minimum absolute atomic E-state index is 0.160. The molecule has 0 spiro atoms. The second-order valence-electron chi connectivity index (χ2n) is 2.46. The lowest BCUT2D eigenvalue weighted by atomic mass is 10.5. The molecule has 70 valence electrons. The predicted molar refractivity (Wildman–Crippen MR) is 48.3 cm³/mol. The Morgan fingerprint density at radius 1 is 1.62 bits per heavy atom. The van der Waals surface area contributed by atoms with Crippen molar-refractivity contribution in [1.82, 2.24) is 0 Å². The number of halogens is 1. The van der Waals surface area contributed by atoms with Crippen molar-refractivity contribution in [3.8, 4) is 0 Å². The van der Waals surface area contributed by atoms with E-state index in [4.69, 9.17) is 16.3 Å². The molecule has 0 aromatic carbocycles. The van der Waals surface area contributed by atoms with Crippen molar-refractivity contribution in [3.63, 3.8) is 0 Å². The molecule has 0 radical (unpaired) electrons. The van der Waals surface area contributed by atoms with E-state index in [0.29, 0.717) is 11.8 Å². The maximum atomic E-state index is 11.1. The van der Waals surface area contributed by atoms with Gasteiger partial charge < -0.3 is 4.74 Å². The third-order valence-corrected chi connectivity index (χ3v) is 1.83. The second-order valence-corrected chi connectivity index (χ2v) is 2.84. The van der Waals surface area contributed by atoms with Gasteiger partial charge in [-0.2, -0.15) is 4.57 Å². The summed E-state index contributed by atoms with van der Waals surface area (Å²) < 4.78 is 6.41. The van der Waals surface area contributed by atoms with Crippen LogP contribution in [0.2, 0.25) is 5.15 Å². The fourth-order valence-corrected chi connectivity index (χ4v) is 1.12. The number of nitrogens with zero attached hydrogens (tertiary/aromatic N) is 1. The lowest BCUT2D eigenvalue weighted by molar-refractivity contribution is -0.683. The number of rotatable bonds is 3. The van der Waals surface area contributed by atoms with Crippen LogP contribution in [0.5, 0.6) is 0 Å².